The number of hydrogen-bond acceptors (Lipinski definition) is 3. The van der Waals surface area contributed by atoms with Gasteiger partial charge in [-0.05, 0) is 33.6 Å². The van der Waals surface area contributed by atoms with Crippen molar-refractivity contribution in [1.29, 1.82) is 0 Å². The molecule has 2 N–H and O–H groups in total. The number of benzene rings is 1. The van der Waals surface area contributed by atoms with Crippen molar-refractivity contribution in [2.45, 2.75) is 6.54 Å². The zero-order valence-corrected chi connectivity index (χ0v) is 11.9. The molecule has 0 spiro atoms. The number of hydrogen-bond donors (Lipinski definition) is 1. The molecule has 1 aromatic carbocycles. The molecule has 1 heterocycles. The predicted octanol–water partition coefficient (Wildman–Crippen LogP) is 2.40. The number of nitrogens with two attached hydrogens (primary N) is 1. The topological polar surface area (TPSA) is 60.9 Å². The predicted molar refractivity (Wildman–Crippen MR) is 73.9 cm³/mol. The van der Waals surface area contributed by atoms with Gasteiger partial charge in [-0.1, -0.05) is 22.0 Å². The highest BCUT2D eigenvalue weighted by atomic mass is 79.9. The van der Waals surface area contributed by atoms with Gasteiger partial charge in [-0.15, -0.1) is 0 Å². The highest BCUT2D eigenvalue weighted by Gasteiger charge is 2.05. The molecule has 0 radical (unpaired) electrons. The van der Waals surface area contributed by atoms with Crippen LogP contribution < -0.4 is 11.3 Å². The third kappa shape index (κ3) is 2.76. The monoisotopic (exact) mass is 357 g/mol. The highest BCUT2D eigenvalue weighted by Crippen LogP contribution is 2.20. The molecule has 6 heteroatoms. The Morgan fingerprint density at radius 3 is 2.76 bits per heavy atom. The van der Waals surface area contributed by atoms with Crippen LogP contribution >= 0.6 is 31.9 Å². The normalized spacial score (nSPS) is 10.5. The van der Waals surface area contributed by atoms with E-state index in [-0.39, 0.29) is 5.56 Å². The van der Waals surface area contributed by atoms with Gasteiger partial charge in [0.1, 0.15) is 4.47 Å². The molecule has 0 unspecified atom stereocenters. The molecule has 2 rings (SSSR count). The Kier molecular flexibility index (Phi) is 3.63. The van der Waals surface area contributed by atoms with E-state index in [0.29, 0.717) is 16.7 Å². The molecule has 4 nitrogen and oxygen atoms in total. The van der Waals surface area contributed by atoms with Crippen LogP contribution in [0.2, 0.25) is 0 Å². The summed E-state index contributed by atoms with van der Waals surface area (Å²) in [6, 6.07) is 5.50. The second-order valence-electron chi connectivity index (χ2n) is 3.53. The van der Waals surface area contributed by atoms with E-state index in [1.165, 1.54) is 17.1 Å². The fourth-order valence-corrected chi connectivity index (χ4v) is 2.28. The second kappa shape index (κ2) is 5.01. The molecule has 0 aliphatic carbocycles. The van der Waals surface area contributed by atoms with Crippen molar-refractivity contribution in [1.82, 2.24) is 9.55 Å². The Morgan fingerprint density at radius 1 is 1.29 bits per heavy atom. The van der Waals surface area contributed by atoms with E-state index in [9.17, 15) is 4.79 Å². The first-order valence-corrected chi connectivity index (χ1v) is 6.40. The Morgan fingerprint density at radius 2 is 2.06 bits per heavy atom. The Bertz CT molecular complexity index is 610. The zero-order chi connectivity index (χ0) is 12.4. The Balaban J connectivity index is 2.38. The van der Waals surface area contributed by atoms with Gasteiger partial charge in [0.15, 0.2) is 0 Å². The number of rotatable bonds is 2. The van der Waals surface area contributed by atoms with Gasteiger partial charge < -0.3 is 5.73 Å². The van der Waals surface area contributed by atoms with Crippen LogP contribution in [0.5, 0.6) is 0 Å². The molecule has 17 heavy (non-hydrogen) atoms. The summed E-state index contributed by atoms with van der Waals surface area (Å²) >= 11 is 6.58. The minimum atomic E-state index is -0.108. The molecule has 0 fully saturated rings. The number of nitrogens with zero attached hydrogens (tertiary/aromatic N) is 2. The van der Waals surface area contributed by atoms with Gasteiger partial charge in [0.2, 0.25) is 0 Å². The number of aromatic nitrogens is 2. The number of anilines is 1. The third-order valence-electron chi connectivity index (χ3n) is 2.28. The van der Waals surface area contributed by atoms with Crippen LogP contribution in [0.15, 0.2) is 44.5 Å². The van der Waals surface area contributed by atoms with E-state index in [0.717, 1.165) is 10.0 Å². The molecule has 0 aliphatic rings. The maximum atomic E-state index is 11.8. The second-order valence-corrected chi connectivity index (χ2v) is 5.23. The van der Waals surface area contributed by atoms with Crippen LogP contribution in [0, 0.1) is 0 Å². The molecule has 0 atom stereocenters. The third-order valence-corrected chi connectivity index (χ3v) is 3.56. The van der Waals surface area contributed by atoms with Gasteiger partial charge >= 0.3 is 0 Å². The SMILES string of the molecule is Nc1ccc(Cn2cncc(Br)c2=O)c(Br)c1. The highest BCUT2D eigenvalue weighted by molar-refractivity contribution is 9.10. The van der Waals surface area contributed by atoms with E-state index in [2.05, 4.69) is 36.8 Å². The molecule has 0 saturated heterocycles. The lowest BCUT2D eigenvalue weighted by Gasteiger charge is -2.08. The van der Waals surface area contributed by atoms with Crippen LogP contribution in [0.25, 0.3) is 0 Å². The summed E-state index contributed by atoms with van der Waals surface area (Å²) in [4.78, 5) is 15.8. The van der Waals surface area contributed by atoms with Gasteiger partial charge in [-0.2, -0.15) is 0 Å². The summed E-state index contributed by atoms with van der Waals surface area (Å²) in [6.45, 7) is 0.451. The lowest BCUT2D eigenvalue weighted by Crippen LogP contribution is -2.21. The lowest BCUT2D eigenvalue weighted by atomic mass is 10.2. The van der Waals surface area contributed by atoms with Crippen molar-refractivity contribution in [3.05, 3.63) is 55.6 Å². The zero-order valence-electron chi connectivity index (χ0n) is 8.73. The first kappa shape index (κ1) is 12.3. The fraction of sp³-hybridized carbons (Fsp3) is 0.0909. The van der Waals surface area contributed by atoms with Crippen molar-refractivity contribution in [2.24, 2.45) is 0 Å². The summed E-state index contributed by atoms with van der Waals surface area (Å²) in [5, 5.41) is 0. The van der Waals surface area contributed by atoms with Gasteiger partial charge in [0.25, 0.3) is 5.56 Å². The summed E-state index contributed by atoms with van der Waals surface area (Å²) < 4.78 is 2.86. The average molecular weight is 359 g/mol. The van der Waals surface area contributed by atoms with E-state index in [4.69, 9.17) is 5.73 Å². The van der Waals surface area contributed by atoms with Crippen LogP contribution in [0.4, 0.5) is 5.69 Å². The maximum Gasteiger partial charge on any atom is 0.267 e. The molecule has 0 bridgehead atoms. The summed E-state index contributed by atoms with van der Waals surface area (Å²) in [7, 11) is 0. The Labute approximate surface area is 115 Å². The summed E-state index contributed by atoms with van der Waals surface area (Å²) in [5.41, 5.74) is 7.20. The molecular formula is C11H9Br2N3O. The van der Waals surface area contributed by atoms with Crippen LogP contribution in [0.1, 0.15) is 5.56 Å². The van der Waals surface area contributed by atoms with Crippen molar-refractivity contribution < 1.29 is 0 Å². The Hall–Kier alpha value is -1.14. The van der Waals surface area contributed by atoms with Crippen molar-refractivity contribution >= 4 is 37.5 Å². The first-order chi connectivity index (χ1) is 8.08. The average Bonchev–Trinajstić information content (AvgIpc) is 2.28. The number of halogens is 2. The van der Waals surface area contributed by atoms with E-state index >= 15 is 0 Å². The molecule has 0 aliphatic heterocycles. The van der Waals surface area contributed by atoms with Crippen molar-refractivity contribution in [3.8, 4) is 0 Å². The van der Waals surface area contributed by atoms with Crippen molar-refractivity contribution in [2.75, 3.05) is 5.73 Å². The first-order valence-electron chi connectivity index (χ1n) is 4.82. The smallest absolute Gasteiger partial charge is 0.267 e. The molecule has 0 saturated carbocycles. The summed E-state index contributed by atoms with van der Waals surface area (Å²) in [6.07, 6.45) is 2.99. The standard InChI is InChI=1S/C11H9Br2N3O/c12-9-3-8(14)2-1-7(9)5-16-6-15-4-10(13)11(16)17/h1-4,6H,5,14H2. The lowest BCUT2D eigenvalue weighted by molar-refractivity contribution is 0.729. The molecular weight excluding hydrogens is 350 g/mol. The van der Waals surface area contributed by atoms with Gasteiger partial charge in [0.05, 0.1) is 12.9 Å². The van der Waals surface area contributed by atoms with E-state index < -0.39 is 0 Å². The van der Waals surface area contributed by atoms with Crippen molar-refractivity contribution in [3.63, 3.8) is 0 Å². The maximum absolute atomic E-state index is 11.8. The van der Waals surface area contributed by atoms with Crippen LogP contribution in [-0.2, 0) is 6.54 Å². The fourth-order valence-electron chi connectivity index (χ4n) is 1.41. The minimum Gasteiger partial charge on any atom is -0.399 e. The summed E-state index contributed by atoms with van der Waals surface area (Å²) in [5.74, 6) is 0. The van der Waals surface area contributed by atoms with Gasteiger partial charge in [-0.3, -0.25) is 9.36 Å². The quantitative estimate of drug-likeness (QED) is 0.838. The number of nitrogen functional groups attached to an aromatic ring is 1. The van der Waals surface area contributed by atoms with E-state index in [1.807, 2.05) is 12.1 Å². The molecule has 88 valence electrons. The van der Waals surface area contributed by atoms with Gasteiger partial charge in [0, 0.05) is 16.4 Å². The molecule has 2 aromatic rings. The van der Waals surface area contributed by atoms with E-state index in [1.54, 1.807) is 6.07 Å². The van der Waals surface area contributed by atoms with Gasteiger partial charge in [-0.25, -0.2) is 4.98 Å². The van der Waals surface area contributed by atoms with Crippen LogP contribution in [-0.4, -0.2) is 9.55 Å². The molecule has 1 aromatic heterocycles. The minimum absolute atomic E-state index is 0.108. The van der Waals surface area contributed by atoms with Crippen LogP contribution in [0.3, 0.4) is 0 Å². The molecule has 0 amide bonds. The largest absolute Gasteiger partial charge is 0.399 e.